The molecular formula is C27H27N5O3S. The minimum atomic E-state index is -0.473. The van der Waals surface area contributed by atoms with Crippen LogP contribution in [0.4, 0.5) is 16.2 Å². The fourth-order valence-electron chi connectivity index (χ4n) is 5.26. The van der Waals surface area contributed by atoms with Crippen LogP contribution in [0.3, 0.4) is 0 Å². The largest absolute Gasteiger partial charge is 0.457 e. The van der Waals surface area contributed by atoms with E-state index in [0.717, 1.165) is 52.5 Å². The molecule has 1 saturated carbocycles. The lowest BCUT2D eigenvalue weighted by molar-refractivity contribution is -0.121. The van der Waals surface area contributed by atoms with Gasteiger partial charge in [-0.05, 0) is 68.1 Å². The third kappa shape index (κ3) is 4.08. The molecule has 1 aliphatic carbocycles. The average Bonchev–Trinajstić information content (AvgIpc) is 3.44. The Kier molecular flexibility index (Phi) is 5.81. The van der Waals surface area contributed by atoms with Crippen molar-refractivity contribution in [2.75, 3.05) is 4.90 Å². The molecule has 0 bridgehead atoms. The molecule has 3 heterocycles. The van der Waals surface area contributed by atoms with Crippen molar-refractivity contribution >= 4 is 35.1 Å². The first-order valence-electron chi connectivity index (χ1n) is 12.1. The second-order valence-corrected chi connectivity index (χ2v) is 10.6. The summed E-state index contributed by atoms with van der Waals surface area (Å²) in [5, 5.41) is 6.52. The number of nitrogens with one attached hydrogen (secondary N) is 2. The second kappa shape index (κ2) is 9.15. The van der Waals surface area contributed by atoms with Crippen molar-refractivity contribution in [3.63, 3.8) is 0 Å². The van der Waals surface area contributed by atoms with E-state index in [1.807, 2.05) is 61.5 Å². The molecule has 3 aliphatic rings. The number of anilines is 2. The number of aromatic nitrogens is 1. The molecule has 4 N–H and O–H groups in total. The number of nitrogens with zero attached hydrogens (tertiary/aromatic N) is 2. The van der Waals surface area contributed by atoms with Gasteiger partial charge in [-0.15, -0.1) is 0 Å². The number of urea groups is 1. The van der Waals surface area contributed by atoms with Crippen LogP contribution in [-0.4, -0.2) is 34.3 Å². The van der Waals surface area contributed by atoms with Gasteiger partial charge in [0, 0.05) is 23.8 Å². The predicted molar refractivity (Wildman–Crippen MR) is 139 cm³/mol. The van der Waals surface area contributed by atoms with Crippen molar-refractivity contribution in [3.8, 4) is 11.5 Å². The van der Waals surface area contributed by atoms with E-state index >= 15 is 0 Å². The minimum absolute atomic E-state index is 0.0827. The molecule has 3 amide bonds. The molecule has 0 radical (unpaired) electrons. The second-order valence-electron chi connectivity index (χ2n) is 9.49. The number of benzene rings is 2. The smallest absolute Gasteiger partial charge is 0.327 e. The molecule has 184 valence electrons. The first kappa shape index (κ1) is 22.9. The lowest BCUT2D eigenvalue weighted by Gasteiger charge is -2.35. The van der Waals surface area contributed by atoms with Gasteiger partial charge >= 0.3 is 6.03 Å². The van der Waals surface area contributed by atoms with Crippen molar-refractivity contribution in [3.05, 3.63) is 71.9 Å². The van der Waals surface area contributed by atoms with E-state index in [1.54, 1.807) is 11.1 Å². The zero-order chi connectivity index (χ0) is 24.8. The van der Waals surface area contributed by atoms with E-state index in [-0.39, 0.29) is 24.0 Å². The van der Waals surface area contributed by atoms with E-state index in [0.29, 0.717) is 5.75 Å². The fourth-order valence-corrected chi connectivity index (χ4v) is 6.50. The minimum Gasteiger partial charge on any atom is -0.457 e. The normalized spacial score (nSPS) is 24.3. The highest BCUT2D eigenvalue weighted by molar-refractivity contribution is 8.01. The van der Waals surface area contributed by atoms with Gasteiger partial charge < -0.3 is 21.1 Å². The van der Waals surface area contributed by atoms with Gasteiger partial charge in [-0.25, -0.2) is 9.78 Å². The Morgan fingerprint density at radius 1 is 1.14 bits per heavy atom. The summed E-state index contributed by atoms with van der Waals surface area (Å²) >= 11 is 1.41. The summed E-state index contributed by atoms with van der Waals surface area (Å²) < 4.78 is 5.96. The van der Waals surface area contributed by atoms with Crippen LogP contribution >= 0.6 is 11.8 Å². The Bertz CT molecular complexity index is 1330. The number of pyridine rings is 1. The molecule has 1 fully saturated rings. The van der Waals surface area contributed by atoms with Crippen LogP contribution in [0.1, 0.15) is 36.4 Å². The van der Waals surface area contributed by atoms with Crippen LogP contribution in [0.15, 0.2) is 65.8 Å². The maximum Gasteiger partial charge on any atom is 0.327 e. The van der Waals surface area contributed by atoms with E-state index in [2.05, 4.69) is 15.6 Å². The Morgan fingerprint density at radius 3 is 2.72 bits per heavy atom. The molecule has 4 atom stereocenters. The number of thioether (sulfide) groups is 1. The molecule has 2 aromatic carbocycles. The molecule has 36 heavy (non-hydrogen) atoms. The molecular weight excluding hydrogens is 474 g/mol. The van der Waals surface area contributed by atoms with Crippen LogP contribution in [0.2, 0.25) is 0 Å². The van der Waals surface area contributed by atoms with E-state index in [9.17, 15) is 9.59 Å². The number of hydrogen-bond donors (Lipinski definition) is 3. The predicted octanol–water partition coefficient (Wildman–Crippen LogP) is 4.56. The molecule has 9 heteroatoms. The van der Waals surface area contributed by atoms with Crippen molar-refractivity contribution in [1.29, 1.82) is 0 Å². The maximum absolute atomic E-state index is 13.4. The highest BCUT2D eigenvalue weighted by Crippen LogP contribution is 2.51. The molecule has 2 aliphatic heterocycles. The first-order valence-corrected chi connectivity index (χ1v) is 13.0. The van der Waals surface area contributed by atoms with Crippen LogP contribution in [0, 0.1) is 6.92 Å². The average molecular weight is 502 g/mol. The summed E-state index contributed by atoms with van der Waals surface area (Å²) in [5.74, 6) is 1.35. The van der Waals surface area contributed by atoms with Gasteiger partial charge in [0.1, 0.15) is 21.8 Å². The van der Waals surface area contributed by atoms with Gasteiger partial charge in [-0.3, -0.25) is 9.69 Å². The SMILES string of the molecule is Cc1cc(Oc2ccccc2)ccc1N1C(=O)NC2c3c1ccnc3SC2C(=O)N[C@H]1CC[C@H](N)C1. The summed E-state index contributed by atoms with van der Waals surface area (Å²) in [4.78, 5) is 32.8. The maximum atomic E-state index is 13.4. The van der Waals surface area contributed by atoms with Crippen molar-refractivity contribution in [2.24, 2.45) is 5.73 Å². The summed E-state index contributed by atoms with van der Waals surface area (Å²) in [6.45, 7) is 1.95. The third-order valence-electron chi connectivity index (χ3n) is 6.97. The number of amides is 3. The summed E-state index contributed by atoms with van der Waals surface area (Å²) in [7, 11) is 0. The van der Waals surface area contributed by atoms with E-state index < -0.39 is 11.3 Å². The third-order valence-corrected chi connectivity index (χ3v) is 8.26. The van der Waals surface area contributed by atoms with Gasteiger partial charge in [0.2, 0.25) is 5.91 Å². The molecule has 0 saturated heterocycles. The number of para-hydroxylation sites is 1. The quantitative estimate of drug-likeness (QED) is 0.473. The molecule has 3 aromatic rings. The number of nitrogens with two attached hydrogens (primary N) is 1. The Morgan fingerprint density at radius 2 is 1.97 bits per heavy atom. The summed E-state index contributed by atoms with van der Waals surface area (Å²) in [5.41, 5.74) is 9.29. The lowest BCUT2D eigenvalue weighted by atomic mass is 9.99. The Balaban J connectivity index is 1.27. The number of carbonyl (C=O) groups excluding carboxylic acids is 2. The van der Waals surface area contributed by atoms with Crippen LogP contribution < -0.4 is 26.0 Å². The molecule has 8 nitrogen and oxygen atoms in total. The van der Waals surface area contributed by atoms with Crippen LogP contribution in [0.25, 0.3) is 0 Å². The van der Waals surface area contributed by atoms with Gasteiger partial charge in [0.15, 0.2) is 0 Å². The Labute approximate surface area is 213 Å². The highest BCUT2D eigenvalue weighted by Gasteiger charge is 2.47. The number of ether oxygens (including phenoxy) is 1. The van der Waals surface area contributed by atoms with Gasteiger partial charge in [0.25, 0.3) is 0 Å². The van der Waals surface area contributed by atoms with Crippen molar-refractivity contribution in [2.45, 2.75) is 54.6 Å². The summed E-state index contributed by atoms with van der Waals surface area (Å²) in [6, 6.07) is 16.6. The van der Waals surface area contributed by atoms with E-state index in [1.165, 1.54) is 11.8 Å². The molecule has 1 aromatic heterocycles. The van der Waals surface area contributed by atoms with Gasteiger partial charge in [0.05, 0.1) is 17.4 Å². The zero-order valence-electron chi connectivity index (χ0n) is 19.8. The summed E-state index contributed by atoms with van der Waals surface area (Å²) in [6.07, 6.45) is 4.28. The van der Waals surface area contributed by atoms with Crippen LogP contribution in [0.5, 0.6) is 11.5 Å². The number of aryl methyl sites for hydroxylation is 1. The van der Waals surface area contributed by atoms with Gasteiger partial charge in [-0.2, -0.15) is 0 Å². The lowest BCUT2D eigenvalue weighted by Crippen LogP contribution is -2.50. The van der Waals surface area contributed by atoms with Crippen molar-refractivity contribution in [1.82, 2.24) is 15.6 Å². The zero-order valence-corrected chi connectivity index (χ0v) is 20.6. The first-order chi connectivity index (χ1) is 17.5. The molecule has 6 rings (SSSR count). The highest BCUT2D eigenvalue weighted by atomic mass is 32.2. The topological polar surface area (TPSA) is 110 Å². The monoisotopic (exact) mass is 501 g/mol. The Hall–Kier alpha value is -3.56. The fraction of sp³-hybridized carbons (Fsp3) is 0.296. The standard InChI is InChI=1S/C27H27N5O3S/c1-15-13-19(35-18-5-3-2-4-6-18)9-10-20(15)32-21-11-12-29-26-22(21)23(31-27(32)34)24(36-26)25(33)30-17-8-7-16(28)14-17/h2-6,9-13,16-17,23-24H,7-8,14,28H2,1H3,(H,30,33)(H,31,34)/t16-,17-,23?,24?/m0/s1. The van der Waals surface area contributed by atoms with Gasteiger partial charge in [-0.1, -0.05) is 30.0 Å². The molecule has 2 unspecified atom stereocenters. The number of rotatable bonds is 5. The van der Waals surface area contributed by atoms with Crippen molar-refractivity contribution < 1.29 is 14.3 Å². The molecule has 0 spiro atoms. The number of carbonyl (C=O) groups is 2. The number of hydrogen-bond acceptors (Lipinski definition) is 6. The van der Waals surface area contributed by atoms with Crippen LogP contribution in [-0.2, 0) is 4.79 Å². The van der Waals surface area contributed by atoms with E-state index in [4.69, 9.17) is 10.5 Å².